The fourth-order valence-corrected chi connectivity index (χ4v) is 0.392. The lowest BCUT2D eigenvalue weighted by atomic mass is 10.7. The van der Waals surface area contributed by atoms with Crippen LogP contribution >= 0.6 is 23.2 Å². The van der Waals surface area contributed by atoms with E-state index in [1.54, 1.807) is 0 Å². The third-order valence-corrected chi connectivity index (χ3v) is 0.719. The van der Waals surface area contributed by atoms with E-state index in [4.69, 9.17) is 28.3 Å². The van der Waals surface area contributed by atoms with E-state index in [-0.39, 0.29) is 12.1 Å². The van der Waals surface area contributed by atoms with Crippen molar-refractivity contribution in [2.75, 3.05) is 13.2 Å². The number of halogens is 2. The minimum absolute atomic E-state index is 0. The molecule has 0 saturated carbocycles. The maximum Gasteiger partial charge on any atom is 0.158 e. The molecule has 0 atom stereocenters. The summed E-state index contributed by atoms with van der Waals surface area (Å²) >= 11 is 10.4. The molecule has 0 radical (unpaired) electrons. The SMILES string of the molecule is O.OCCNC(Cl)Cl. The van der Waals surface area contributed by atoms with Crippen LogP contribution in [0, 0.1) is 0 Å². The molecule has 0 spiro atoms. The average Bonchev–Trinajstić information content (AvgIpc) is 1.61. The summed E-state index contributed by atoms with van der Waals surface area (Å²) in [6.07, 6.45) is 0. The highest BCUT2D eigenvalue weighted by molar-refractivity contribution is 6.43. The molecule has 0 saturated heterocycles. The van der Waals surface area contributed by atoms with Gasteiger partial charge >= 0.3 is 0 Å². The molecule has 0 aromatic carbocycles. The number of hydrogen-bond donors (Lipinski definition) is 2. The van der Waals surface area contributed by atoms with Gasteiger partial charge in [0.2, 0.25) is 0 Å². The fourth-order valence-electron chi connectivity index (χ4n) is 0.174. The van der Waals surface area contributed by atoms with Crippen LogP contribution in [0.1, 0.15) is 0 Å². The Morgan fingerprint density at radius 3 is 2.12 bits per heavy atom. The first-order chi connectivity index (χ1) is 3.27. The molecule has 5 heteroatoms. The first-order valence-corrected chi connectivity index (χ1v) is 2.77. The van der Waals surface area contributed by atoms with E-state index in [1.165, 1.54) is 0 Å². The van der Waals surface area contributed by atoms with E-state index in [0.717, 1.165) is 0 Å². The monoisotopic (exact) mass is 161 g/mol. The lowest BCUT2D eigenvalue weighted by Crippen LogP contribution is -2.21. The van der Waals surface area contributed by atoms with Gasteiger partial charge in [0.15, 0.2) is 4.96 Å². The Hall–Kier alpha value is 0.460. The highest BCUT2D eigenvalue weighted by atomic mass is 35.5. The summed E-state index contributed by atoms with van der Waals surface area (Å²) in [7, 11) is 0. The van der Waals surface area contributed by atoms with Crippen LogP contribution in [0.15, 0.2) is 0 Å². The van der Waals surface area contributed by atoms with Crippen molar-refractivity contribution in [2.24, 2.45) is 0 Å². The zero-order chi connectivity index (χ0) is 5.70. The highest BCUT2D eigenvalue weighted by Gasteiger charge is 1.91. The van der Waals surface area contributed by atoms with Crippen LogP contribution in [0.3, 0.4) is 0 Å². The van der Waals surface area contributed by atoms with Gasteiger partial charge in [0, 0.05) is 6.54 Å². The van der Waals surface area contributed by atoms with Crippen molar-refractivity contribution in [1.82, 2.24) is 5.32 Å². The van der Waals surface area contributed by atoms with E-state index >= 15 is 0 Å². The summed E-state index contributed by atoms with van der Waals surface area (Å²) in [5, 5.41) is 10.7. The minimum atomic E-state index is -0.563. The van der Waals surface area contributed by atoms with Crippen LogP contribution in [-0.4, -0.2) is 28.7 Å². The Bertz CT molecular complexity index is 44.3. The van der Waals surface area contributed by atoms with Gasteiger partial charge in [0.1, 0.15) is 0 Å². The van der Waals surface area contributed by atoms with Crippen molar-refractivity contribution >= 4 is 23.2 Å². The molecule has 0 amide bonds. The number of nitrogens with one attached hydrogen (secondary N) is 1. The minimum Gasteiger partial charge on any atom is -0.412 e. The summed E-state index contributed by atoms with van der Waals surface area (Å²) < 4.78 is 0. The van der Waals surface area contributed by atoms with Crippen LogP contribution in [0.4, 0.5) is 0 Å². The number of alkyl halides is 2. The molecule has 0 unspecified atom stereocenters. The van der Waals surface area contributed by atoms with E-state index in [1.807, 2.05) is 0 Å². The number of aliphatic hydroxyl groups is 1. The van der Waals surface area contributed by atoms with Crippen molar-refractivity contribution in [2.45, 2.75) is 4.96 Å². The Morgan fingerprint density at radius 1 is 1.50 bits per heavy atom. The van der Waals surface area contributed by atoms with Crippen LogP contribution in [0.2, 0.25) is 0 Å². The molecule has 52 valence electrons. The second kappa shape index (κ2) is 7.46. The third kappa shape index (κ3) is 9.68. The van der Waals surface area contributed by atoms with E-state index < -0.39 is 4.96 Å². The molecule has 0 heterocycles. The van der Waals surface area contributed by atoms with Crippen LogP contribution in [0.5, 0.6) is 0 Å². The van der Waals surface area contributed by atoms with Gasteiger partial charge in [0.05, 0.1) is 6.61 Å². The van der Waals surface area contributed by atoms with Gasteiger partial charge < -0.3 is 10.6 Å². The largest absolute Gasteiger partial charge is 0.412 e. The summed E-state index contributed by atoms with van der Waals surface area (Å²) in [6.45, 7) is 0.508. The fraction of sp³-hybridized carbons (Fsp3) is 1.00. The summed E-state index contributed by atoms with van der Waals surface area (Å²) in [4.78, 5) is -0.563. The maximum atomic E-state index is 8.14. The molecule has 3 nitrogen and oxygen atoms in total. The predicted octanol–water partition coefficient (Wildman–Crippen LogP) is -0.495. The van der Waals surface area contributed by atoms with Crippen molar-refractivity contribution in [1.29, 1.82) is 0 Å². The second-order valence-corrected chi connectivity index (χ2v) is 2.07. The summed E-state index contributed by atoms with van der Waals surface area (Å²) in [6, 6.07) is 0. The Kier molecular flexibility index (Phi) is 10.5. The lowest BCUT2D eigenvalue weighted by molar-refractivity contribution is 0.294. The van der Waals surface area contributed by atoms with Crippen molar-refractivity contribution in [3.8, 4) is 0 Å². The number of hydrogen-bond acceptors (Lipinski definition) is 2. The van der Waals surface area contributed by atoms with Gasteiger partial charge in [0.25, 0.3) is 0 Å². The summed E-state index contributed by atoms with van der Waals surface area (Å²) in [5.74, 6) is 0. The quantitative estimate of drug-likeness (QED) is 0.434. The Labute approximate surface area is 57.9 Å². The van der Waals surface area contributed by atoms with Gasteiger partial charge in [-0.05, 0) is 0 Å². The number of rotatable bonds is 3. The predicted molar refractivity (Wildman–Crippen MR) is 34.2 cm³/mol. The number of aliphatic hydroxyl groups excluding tert-OH is 1. The molecule has 0 aromatic rings. The van der Waals surface area contributed by atoms with E-state index in [2.05, 4.69) is 5.32 Å². The van der Waals surface area contributed by atoms with Crippen molar-refractivity contribution < 1.29 is 10.6 Å². The zero-order valence-electron chi connectivity index (χ0n) is 4.19. The molecule has 0 aliphatic rings. The first kappa shape index (κ1) is 11.3. The average molecular weight is 162 g/mol. The molecule has 0 aliphatic carbocycles. The molecule has 4 N–H and O–H groups in total. The van der Waals surface area contributed by atoms with Crippen LogP contribution in [0.25, 0.3) is 0 Å². The topological polar surface area (TPSA) is 63.8 Å². The molecule has 8 heavy (non-hydrogen) atoms. The molecule has 0 aromatic heterocycles. The van der Waals surface area contributed by atoms with Gasteiger partial charge in [-0.1, -0.05) is 23.2 Å². The normalized spacial score (nSPS) is 9.00. The smallest absolute Gasteiger partial charge is 0.158 e. The van der Waals surface area contributed by atoms with Gasteiger partial charge in [-0.3, -0.25) is 5.32 Å². The third-order valence-electron chi connectivity index (χ3n) is 0.410. The first-order valence-electron chi connectivity index (χ1n) is 1.89. The maximum absolute atomic E-state index is 8.14. The van der Waals surface area contributed by atoms with E-state index in [9.17, 15) is 0 Å². The van der Waals surface area contributed by atoms with Crippen LogP contribution in [-0.2, 0) is 0 Å². The van der Waals surface area contributed by atoms with E-state index in [0.29, 0.717) is 6.54 Å². The molecule has 0 rings (SSSR count). The van der Waals surface area contributed by atoms with Gasteiger partial charge in [-0.25, -0.2) is 0 Å². The molecule has 0 bridgehead atoms. The highest BCUT2D eigenvalue weighted by Crippen LogP contribution is 1.92. The molecule has 0 fully saturated rings. The zero-order valence-corrected chi connectivity index (χ0v) is 5.71. The molecular weight excluding hydrogens is 153 g/mol. The Balaban J connectivity index is 0. The second-order valence-electron chi connectivity index (χ2n) is 0.978. The molecular formula is C3H9Cl2NO2. The van der Waals surface area contributed by atoms with Gasteiger partial charge in [-0.15, -0.1) is 0 Å². The van der Waals surface area contributed by atoms with Crippen LogP contribution < -0.4 is 5.32 Å². The summed E-state index contributed by atoms with van der Waals surface area (Å²) in [5.41, 5.74) is 0. The van der Waals surface area contributed by atoms with Crippen molar-refractivity contribution in [3.05, 3.63) is 0 Å². The standard InChI is InChI=1S/C3H7Cl2NO.H2O/c4-3(5)6-1-2-7;/h3,6-7H,1-2H2;1H2. The molecule has 0 aliphatic heterocycles. The van der Waals surface area contributed by atoms with Gasteiger partial charge in [-0.2, -0.15) is 0 Å². The Morgan fingerprint density at radius 2 is 2.00 bits per heavy atom. The lowest BCUT2D eigenvalue weighted by Gasteiger charge is -1.98. The van der Waals surface area contributed by atoms with Crippen molar-refractivity contribution in [3.63, 3.8) is 0 Å².